The van der Waals surface area contributed by atoms with Crippen molar-refractivity contribution >= 4 is 21.6 Å². The minimum atomic E-state index is -3.17. The molecule has 2 aromatic rings. The lowest BCUT2D eigenvalue weighted by Gasteiger charge is -2.13. The molecule has 112 valence electrons. The predicted octanol–water partition coefficient (Wildman–Crippen LogP) is 3.68. The maximum Gasteiger partial charge on any atom is 0.175 e. The van der Waals surface area contributed by atoms with E-state index in [1.54, 1.807) is 24.3 Å². The highest BCUT2D eigenvalue weighted by atomic mass is 32.2. The molecule has 5 heteroatoms. The molecule has 2 rings (SSSR count). The molecule has 0 radical (unpaired) electrons. The Bertz CT molecular complexity index is 707. The smallest absolute Gasteiger partial charge is 0.175 e. The molecule has 3 nitrogen and oxygen atoms in total. The highest BCUT2D eigenvalue weighted by molar-refractivity contribution is 7.99. The van der Waals surface area contributed by atoms with Gasteiger partial charge in [0.15, 0.2) is 9.84 Å². The average Bonchev–Trinajstić information content (AvgIpc) is 2.46. The molecule has 0 aliphatic heterocycles. The van der Waals surface area contributed by atoms with E-state index in [2.05, 4.69) is 0 Å². The van der Waals surface area contributed by atoms with E-state index in [0.717, 1.165) is 15.4 Å². The number of sulfone groups is 1. The van der Waals surface area contributed by atoms with Gasteiger partial charge in [0.1, 0.15) is 0 Å². The number of hydrogen-bond acceptors (Lipinski definition) is 4. The monoisotopic (exact) mass is 322 g/mol. The molecule has 0 aliphatic rings. The largest absolute Gasteiger partial charge is 0.388 e. The van der Waals surface area contributed by atoms with Crippen molar-refractivity contribution in [2.24, 2.45) is 0 Å². The molecule has 21 heavy (non-hydrogen) atoms. The van der Waals surface area contributed by atoms with Crippen molar-refractivity contribution in [1.82, 2.24) is 0 Å². The first-order valence-corrected chi connectivity index (χ1v) is 9.37. The van der Waals surface area contributed by atoms with Gasteiger partial charge < -0.3 is 5.11 Å². The molecule has 0 aromatic heterocycles. The Morgan fingerprint density at radius 2 is 1.71 bits per heavy atom. The van der Waals surface area contributed by atoms with E-state index in [1.165, 1.54) is 18.0 Å². The third-order valence-corrected chi connectivity index (χ3v) is 5.37. The Morgan fingerprint density at radius 1 is 1.10 bits per heavy atom. The first kappa shape index (κ1) is 16.1. The van der Waals surface area contributed by atoms with Crippen molar-refractivity contribution in [3.8, 4) is 0 Å². The maximum atomic E-state index is 11.4. The second-order valence-electron chi connectivity index (χ2n) is 4.81. The maximum absolute atomic E-state index is 11.4. The van der Waals surface area contributed by atoms with Crippen LogP contribution in [0.15, 0.2) is 63.2 Å². The fourth-order valence-electron chi connectivity index (χ4n) is 1.95. The van der Waals surface area contributed by atoms with Gasteiger partial charge in [0, 0.05) is 16.0 Å². The summed E-state index contributed by atoms with van der Waals surface area (Å²) in [5.74, 6) is 0. The van der Waals surface area contributed by atoms with Crippen molar-refractivity contribution in [1.29, 1.82) is 0 Å². The van der Waals surface area contributed by atoms with E-state index in [1.807, 2.05) is 31.2 Å². The zero-order chi connectivity index (χ0) is 15.5. The Hall–Kier alpha value is -1.30. The molecule has 0 fully saturated rings. The van der Waals surface area contributed by atoms with Gasteiger partial charge in [-0.15, -0.1) is 0 Å². The first-order chi connectivity index (χ1) is 9.91. The number of benzene rings is 2. The highest BCUT2D eigenvalue weighted by Crippen LogP contribution is 2.34. The SMILES string of the molecule is CCC(O)c1ccccc1Sc1ccc(S(C)(=O)=O)cc1. The van der Waals surface area contributed by atoms with Crippen LogP contribution in [0.1, 0.15) is 25.0 Å². The van der Waals surface area contributed by atoms with Crippen molar-refractivity contribution in [2.45, 2.75) is 34.1 Å². The molecule has 0 bridgehead atoms. The van der Waals surface area contributed by atoms with Crippen molar-refractivity contribution in [3.05, 3.63) is 54.1 Å². The van der Waals surface area contributed by atoms with Gasteiger partial charge in [0.05, 0.1) is 11.0 Å². The summed E-state index contributed by atoms with van der Waals surface area (Å²) in [7, 11) is -3.17. The van der Waals surface area contributed by atoms with Crippen molar-refractivity contribution in [3.63, 3.8) is 0 Å². The Morgan fingerprint density at radius 3 is 2.29 bits per heavy atom. The van der Waals surface area contributed by atoms with Crippen LogP contribution in [0.5, 0.6) is 0 Å². The second-order valence-corrected chi connectivity index (χ2v) is 7.94. The van der Waals surface area contributed by atoms with Gasteiger partial charge in [-0.3, -0.25) is 0 Å². The summed E-state index contributed by atoms with van der Waals surface area (Å²) in [6.45, 7) is 1.94. The lowest BCUT2D eigenvalue weighted by molar-refractivity contribution is 0.171. The number of rotatable bonds is 5. The van der Waals surface area contributed by atoms with Gasteiger partial charge in [-0.1, -0.05) is 36.9 Å². The lowest BCUT2D eigenvalue weighted by atomic mass is 10.1. The van der Waals surface area contributed by atoms with Crippen LogP contribution in [0.3, 0.4) is 0 Å². The van der Waals surface area contributed by atoms with E-state index in [0.29, 0.717) is 11.3 Å². The topological polar surface area (TPSA) is 54.4 Å². The molecule has 0 spiro atoms. The van der Waals surface area contributed by atoms with Gasteiger partial charge in [-0.05, 0) is 42.3 Å². The minimum Gasteiger partial charge on any atom is -0.388 e. The molecule has 1 N–H and O–H groups in total. The van der Waals surface area contributed by atoms with E-state index < -0.39 is 15.9 Å². The summed E-state index contributed by atoms with van der Waals surface area (Å²) in [6, 6.07) is 14.5. The summed E-state index contributed by atoms with van der Waals surface area (Å²) < 4.78 is 22.9. The molecule has 0 heterocycles. The van der Waals surface area contributed by atoms with Crippen LogP contribution in [0, 0.1) is 0 Å². The quantitative estimate of drug-likeness (QED) is 0.912. The molecule has 1 unspecified atom stereocenters. The fraction of sp³-hybridized carbons (Fsp3) is 0.250. The molecule has 1 atom stereocenters. The second kappa shape index (κ2) is 6.64. The van der Waals surface area contributed by atoms with Gasteiger partial charge in [-0.25, -0.2) is 8.42 Å². The Balaban J connectivity index is 2.27. The standard InChI is InChI=1S/C16H18O3S2/c1-3-15(17)14-6-4-5-7-16(14)20-12-8-10-13(11-9-12)21(2,18)19/h4-11,15,17H,3H2,1-2H3. The van der Waals surface area contributed by atoms with Gasteiger partial charge in [0.25, 0.3) is 0 Å². The van der Waals surface area contributed by atoms with E-state index in [9.17, 15) is 13.5 Å². The Kier molecular flexibility index (Phi) is 5.08. The molecule has 0 saturated heterocycles. The third-order valence-electron chi connectivity index (χ3n) is 3.14. The zero-order valence-electron chi connectivity index (χ0n) is 12.0. The van der Waals surface area contributed by atoms with Crippen LogP contribution in [0.4, 0.5) is 0 Å². The molecule has 0 saturated carbocycles. The first-order valence-electron chi connectivity index (χ1n) is 6.66. The summed E-state index contributed by atoms with van der Waals surface area (Å²) in [5, 5.41) is 10.0. The summed E-state index contributed by atoms with van der Waals surface area (Å²) in [4.78, 5) is 2.24. The van der Waals surface area contributed by atoms with Crippen LogP contribution in [0.2, 0.25) is 0 Å². The summed E-state index contributed by atoms with van der Waals surface area (Å²) in [5.41, 5.74) is 0.900. The molecule has 0 aliphatic carbocycles. The van der Waals surface area contributed by atoms with Crippen LogP contribution >= 0.6 is 11.8 Å². The lowest BCUT2D eigenvalue weighted by Crippen LogP contribution is -1.97. The van der Waals surface area contributed by atoms with Gasteiger partial charge in [-0.2, -0.15) is 0 Å². The van der Waals surface area contributed by atoms with E-state index >= 15 is 0 Å². The van der Waals surface area contributed by atoms with E-state index in [4.69, 9.17) is 0 Å². The third kappa shape index (κ3) is 4.09. The van der Waals surface area contributed by atoms with Crippen LogP contribution in [0.25, 0.3) is 0 Å². The number of hydrogen-bond donors (Lipinski definition) is 1. The summed E-state index contributed by atoms with van der Waals surface area (Å²) in [6.07, 6.45) is 1.37. The number of aliphatic hydroxyl groups excluding tert-OH is 1. The zero-order valence-corrected chi connectivity index (χ0v) is 13.6. The molecule has 0 amide bonds. The normalized spacial score (nSPS) is 13.1. The molecular formula is C16H18O3S2. The van der Waals surface area contributed by atoms with Gasteiger partial charge in [0.2, 0.25) is 0 Å². The Labute approximate surface area is 129 Å². The predicted molar refractivity (Wildman–Crippen MR) is 85.4 cm³/mol. The van der Waals surface area contributed by atoms with E-state index in [-0.39, 0.29) is 0 Å². The molecular weight excluding hydrogens is 304 g/mol. The van der Waals surface area contributed by atoms with Crippen molar-refractivity contribution in [2.75, 3.05) is 6.26 Å². The van der Waals surface area contributed by atoms with Crippen molar-refractivity contribution < 1.29 is 13.5 Å². The fourth-order valence-corrected chi connectivity index (χ4v) is 3.58. The average molecular weight is 322 g/mol. The highest BCUT2D eigenvalue weighted by Gasteiger charge is 2.12. The van der Waals surface area contributed by atoms with Crippen LogP contribution < -0.4 is 0 Å². The van der Waals surface area contributed by atoms with Gasteiger partial charge >= 0.3 is 0 Å². The molecule has 2 aromatic carbocycles. The van der Waals surface area contributed by atoms with Crippen LogP contribution in [-0.4, -0.2) is 19.8 Å². The van der Waals surface area contributed by atoms with Crippen LogP contribution in [-0.2, 0) is 9.84 Å². The minimum absolute atomic E-state index is 0.314. The summed E-state index contributed by atoms with van der Waals surface area (Å²) >= 11 is 1.52. The number of aliphatic hydroxyl groups is 1.